The van der Waals surface area contributed by atoms with Crippen molar-refractivity contribution in [1.82, 2.24) is 4.98 Å². The Hall–Kier alpha value is -1.54. The van der Waals surface area contributed by atoms with Crippen molar-refractivity contribution in [3.63, 3.8) is 0 Å². The van der Waals surface area contributed by atoms with Gasteiger partial charge in [-0.1, -0.05) is 23.7 Å². The van der Waals surface area contributed by atoms with Gasteiger partial charge in [0.25, 0.3) is 0 Å². The summed E-state index contributed by atoms with van der Waals surface area (Å²) in [5.74, 6) is 0.936. The van der Waals surface area contributed by atoms with Crippen LogP contribution in [0.25, 0.3) is 0 Å². The van der Waals surface area contributed by atoms with Gasteiger partial charge in [-0.2, -0.15) is 0 Å². The highest BCUT2D eigenvalue weighted by molar-refractivity contribution is 6.29. The molecular weight excluding hydrogens is 246 g/mol. The number of hydrogen-bond acceptors (Lipinski definition) is 2. The minimum atomic E-state index is 0.510. The molecule has 0 radical (unpaired) electrons. The Morgan fingerprint density at radius 1 is 1.11 bits per heavy atom. The van der Waals surface area contributed by atoms with E-state index in [1.165, 1.54) is 30.4 Å². The highest BCUT2D eigenvalue weighted by Crippen LogP contribution is 2.26. The molecule has 1 aliphatic carbocycles. The number of halogens is 1. The average Bonchev–Trinajstić information content (AvgIpc) is 2.85. The Balaban J connectivity index is 1.68. The van der Waals surface area contributed by atoms with Crippen LogP contribution in [0.4, 0.5) is 0 Å². The summed E-state index contributed by atoms with van der Waals surface area (Å²) in [7, 11) is 0. The van der Waals surface area contributed by atoms with Crippen LogP contribution in [-0.2, 0) is 19.4 Å². The standard InChI is InChI=1S/C15H14ClNO/c16-15-7-4-11(9-17-15)10-18-14-6-5-12-2-1-3-13(12)8-14/h4-9H,1-3,10H2. The molecule has 18 heavy (non-hydrogen) atoms. The average molecular weight is 260 g/mol. The van der Waals surface area contributed by atoms with Crippen LogP contribution in [0, 0.1) is 0 Å². The molecule has 0 bridgehead atoms. The second-order valence-corrected chi connectivity index (χ2v) is 4.95. The largest absolute Gasteiger partial charge is 0.489 e. The van der Waals surface area contributed by atoms with Gasteiger partial charge in [0.1, 0.15) is 17.5 Å². The lowest BCUT2D eigenvalue weighted by Gasteiger charge is -2.08. The molecular formula is C15H14ClNO. The third kappa shape index (κ3) is 2.49. The number of hydrogen-bond donors (Lipinski definition) is 0. The number of pyridine rings is 1. The van der Waals surface area contributed by atoms with Gasteiger partial charge in [0.15, 0.2) is 0 Å². The second kappa shape index (κ2) is 4.99. The molecule has 2 nitrogen and oxygen atoms in total. The first-order valence-corrected chi connectivity index (χ1v) is 6.54. The van der Waals surface area contributed by atoms with Crippen LogP contribution in [-0.4, -0.2) is 4.98 Å². The van der Waals surface area contributed by atoms with E-state index in [2.05, 4.69) is 17.1 Å². The van der Waals surface area contributed by atoms with E-state index in [9.17, 15) is 0 Å². The predicted molar refractivity (Wildman–Crippen MR) is 72.0 cm³/mol. The molecule has 0 saturated heterocycles. The molecule has 0 aliphatic heterocycles. The third-order valence-corrected chi connectivity index (χ3v) is 3.49. The Morgan fingerprint density at radius 3 is 2.83 bits per heavy atom. The van der Waals surface area contributed by atoms with Gasteiger partial charge < -0.3 is 4.74 Å². The normalized spacial score (nSPS) is 13.4. The maximum absolute atomic E-state index is 5.77. The van der Waals surface area contributed by atoms with E-state index in [4.69, 9.17) is 16.3 Å². The van der Waals surface area contributed by atoms with Crippen LogP contribution >= 0.6 is 11.6 Å². The van der Waals surface area contributed by atoms with Gasteiger partial charge >= 0.3 is 0 Å². The summed E-state index contributed by atoms with van der Waals surface area (Å²) < 4.78 is 5.77. The molecule has 0 unspecified atom stereocenters. The molecule has 1 aromatic heterocycles. The first-order valence-electron chi connectivity index (χ1n) is 6.16. The Labute approximate surface area is 112 Å². The van der Waals surface area contributed by atoms with Crippen LogP contribution in [0.3, 0.4) is 0 Å². The van der Waals surface area contributed by atoms with Crippen LogP contribution < -0.4 is 4.74 Å². The third-order valence-electron chi connectivity index (χ3n) is 3.26. The lowest BCUT2D eigenvalue weighted by molar-refractivity contribution is 0.305. The Kier molecular flexibility index (Phi) is 3.20. The number of fused-ring (bicyclic) bond motifs is 1. The van der Waals surface area contributed by atoms with E-state index in [1.807, 2.05) is 12.1 Å². The molecule has 3 rings (SSSR count). The summed E-state index contributed by atoms with van der Waals surface area (Å²) >= 11 is 5.74. The minimum absolute atomic E-state index is 0.510. The molecule has 0 atom stereocenters. The number of nitrogens with zero attached hydrogens (tertiary/aromatic N) is 1. The maximum Gasteiger partial charge on any atom is 0.129 e. The molecule has 0 fully saturated rings. The van der Waals surface area contributed by atoms with E-state index in [1.54, 1.807) is 12.3 Å². The zero-order valence-corrected chi connectivity index (χ0v) is 10.8. The fraction of sp³-hybridized carbons (Fsp3) is 0.267. The van der Waals surface area contributed by atoms with Gasteiger partial charge in [0, 0.05) is 11.8 Å². The Bertz CT molecular complexity index is 551. The van der Waals surface area contributed by atoms with Crippen molar-refractivity contribution < 1.29 is 4.74 Å². The molecule has 92 valence electrons. The highest BCUT2D eigenvalue weighted by Gasteiger charge is 2.11. The molecule has 1 aliphatic rings. The quantitative estimate of drug-likeness (QED) is 0.782. The zero-order valence-electron chi connectivity index (χ0n) is 10.0. The molecule has 2 aromatic rings. The predicted octanol–water partition coefficient (Wildman–Crippen LogP) is 3.80. The number of benzene rings is 1. The summed E-state index contributed by atoms with van der Waals surface area (Å²) in [6.07, 6.45) is 5.39. The summed E-state index contributed by atoms with van der Waals surface area (Å²) in [5.41, 5.74) is 3.93. The summed E-state index contributed by atoms with van der Waals surface area (Å²) in [6.45, 7) is 0.531. The van der Waals surface area contributed by atoms with E-state index >= 15 is 0 Å². The first kappa shape index (κ1) is 11.5. The van der Waals surface area contributed by atoms with Crippen molar-refractivity contribution in [1.29, 1.82) is 0 Å². The minimum Gasteiger partial charge on any atom is -0.489 e. The van der Waals surface area contributed by atoms with Gasteiger partial charge in [0.05, 0.1) is 0 Å². The van der Waals surface area contributed by atoms with Crippen molar-refractivity contribution in [3.05, 3.63) is 58.4 Å². The van der Waals surface area contributed by atoms with Gasteiger partial charge in [0.2, 0.25) is 0 Å². The van der Waals surface area contributed by atoms with Gasteiger partial charge in [-0.25, -0.2) is 4.98 Å². The van der Waals surface area contributed by atoms with E-state index in [0.29, 0.717) is 11.8 Å². The van der Waals surface area contributed by atoms with Gasteiger partial charge in [-0.15, -0.1) is 0 Å². The summed E-state index contributed by atoms with van der Waals surface area (Å²) in [4.78, 5) is 4.03. The second-order valence-electron chi connectivity index (χ2n) is 4.56. The number of rotatable bonds is 3. The van der Waals surface area contributed by atoms with Gasteiger partial charge in [-0.05, 0) is 48.6 Å². The lowest BCUT2D eigenvalue weighted by Crippen LogP contribution is -1.96. The molecule has 1 aromatic carbocycles. The molecule has 1 heterocycles. The topological polar surface area (TPSA) is 22.1 Å². The molecule has 0 spiro atoms. The smallest absolute Gasteiger partial charge is 0.129 e. The molecule has 0 amide bonds. The SMILES string of the molecule is Clc1ccc(COc2ccc3c(c2)CCC3)cn1. The van der Waals surface area contributed by atoms with Crippen LogP contribution in [0.2, 0.25) is 5.15 Å². The van der Waals surface area contributed by atoms with E-state index in [0.717, 1.165) is 11.3 Å². The van der Waals surface area contributed by atoms with Crippen LogP contribution in [0.5, 0.6) is 5.75 Å². The molecule has 0 N–H and O–H groups in total. The summed E-state index contributed by atoms with van der Waals surface area (Å²) in [5, 5.41) is 0.510. The molecule has 3 heteroatoms. The highest BCUT2D eigenvalue weighted by atomic mass is 35.5. The van der Waals surface area contributed by atoms with Crippen molar-refractivity contribution in [2.75, 3.05) is 0 Å². The van der Waals surface area contributed by atoms with Crippen LogP contribution in [0.1, 0.15) is 23.1 Å². The molecule has 0 saturated carbocycles. The monoisotopic (exact) mass is 259 g/mol. The number of aromatic nitrogens is 1. The van der Waals surface area contributed by atoms with Gasteiger partial charge in [-0.3, -0.25) is 0 Å². The van der Waals surface area contributed by atoms with Crippen LogP contribution in [0.15, 0.2) is 36.5 Å². The number of ether oxygens (including phenoxy) is 1. The zero-order chi connectivity index (χ0) is 12.4. The van der Waals surface area contributed by atoms with E-state index < -0.39 is 0 Å². The number of aryl methyl sites for hydroxylation is 2. The first-order chi connectivity index (χ1) is 8.81. The fourth-order valence-corrected chi connectivity index (χ4v) is 2.41. The van der Waals surface area contributed by atoms with Crippen molar-refractivity contribution in [2.45, 2.75) is 25.9 Å². The van der Waals surface area contributed by atoms with Crippen molar-refractivity contribution in [2.24, 2.45) is 0 Å². The fourth-order valence-electron chi connectivity index (χ4n) is 2.30. The van der Waals surface area contributed by atoms with E-state index in [-0.39, 0.29) is 0 Å². The lowest BCUT2D eigenvalue weighted by atomic mass is 10.1. The van der Waals surface area contributed by atoms with Crippen molar-refractivity contribution >= 4 is 11.6 Å². The summed E-state index contributed by atoms with van der Waals surface area (Å²) in [6, 6.07) is 10.1. The Morgan fingerprint density at radius 2 is 2.00 bits per heavy atom. The maximum atomic E-state index is 5.77. The van der Waals surface area contributed by atoms with Crippen molar-refractivity contribution in [3.8, 4) is 5.75 Å².